The maximum Gasteiger partial charge on any atom is 0.248 e. The number of fused-ring (bicyclic) bond motifs is 1. The number of aromatic nitrogens is 1. The van der Waals surface area contributed by atoms with E-state index in [4.69, 9.17) is 4.74 Å². The first-order valence-electron chi connectivity index (χ1n) is 7.79. The zero-order chi connectivity index (χ0) is 15.7. The van der Waals surface area contributed by atoms with Crippen molar-refractivity contribution in [2.75, 3.05) is 7.11 Å². The van der Waals surface area contributed by atoms with Crippen LogP contribution in [0, 0.1) is 12.8 Å². The Morgan fingerprint density at radius 2 is 1.91 bits per heavy atom. The summed E-state index contributed by atoms with van der Waals surface area (Å²) in [6.07, 6.45) is 3.98. The first-order valence-corrected chi connectivity index (χ1v) is 7.79. The van der Waals surface area contributed by atoms with Crippen molar-refractivity contribution in [1.29, 1.82) is 0 Å². The summed E-state index contributed by atoms with van der Waals surface area (Å²) in [4.78, 5) is 27.0. The molecule has 0 amide bonds. The van der Waals surface area contributed by atoms with Crippen LogP contribution < -0.4 is 5.56 Å². The van der Waals surface area contributed by atoms with E-state index in [0.29, 0.717) is 6.10 Å². The van der Waals surface area contributed by atoms with E-state index in [1.54, 1.807) is 13.2 Å². The second-order valence-electron chi connectivity index (χ2n) is 6.15. The quantitative estimate of drug-likeness (QED) is 0.885. The molecule has 2 aromatic rings. The Morgan fingerprint density at radius 3 is 2.59 bits per heavy atom. The van der Waals surface area contributed by atoms with Gasteiger partial charge < -0.3 is 9.72 Å². The SMILES string of the molecule is COC1CCC(C(=O)c2ccc3[nH]c(=O)cc(C)c3c2)CC1. The van der Waals surface area contributed by atoms with Gasteiger partial charge in [-0.05, 0) is 56.4 Å². The minimum absolute atomic E-state index is 0.0897. The summed E-state index contributed by atoms with van der Waals surface area (Å²) in [5.41, 5.74) is 2.31. The van der Waals surface area contributed by atoms with Gasteiger partial charge >= 0.3 is 0 Å². The summed E-state index contributed by atoms with van der Waals surface area (Å²) < 4.78 is 5.36. The van der Waals surface area contributed by atoms with Crippen molar-refractivity contribution in [3.63, 3.8) is 0 Å². The van der Waals surface area contributed by atoms with Gasteiger partial charge in [0.05, 0.1) is 6.10 Å². The van der Waals surface area contributed by atoms with Gasteiger partial charge in [0.1, 0.15) is 0 Å². The summed E-state index contributed by atoms with van der Waals surface area (Å²) in [5.74, 6) is 0.300. The van der Waals surface area contributed by atoms with E-state index in [1.165, 1.54) is 0 Å². The lowest BCUT2D eigenvalue weighted by Gasteiger charge is -2.26. The van der Waals surface area contributed by atoms with E-state index in [0.717, 1.165) is 47.7 Å². The molecule has 1 aromatic carbocycles. The maximum atomic E-state index is 12.7. The number of aryl methyl sites for hydroxylation is 1. The Kier molecular flexibility index (Phi) is 4.12. The van der Waals surface area contributed by atoms with Crippen LogP contribution in [0.3, 0.4) is 0 Å². The molecule has 1 aliphatic carbocycles. The molecule has 1 aliphatic rings. The van der Waals surface area contributed by atoms with Gasteiger partial charge in [0.2, 0.25) is 5.56 Å². The van der Waals surface area contributed by atoms with E-state index in [-0.39, 0.29) is 17.3 Å². The number of nitrogens with one attached hydrogen (secondary N) is 1. The Morgan fingerprint density at radius 1 is 1.18 bits per heavy atom. The molecule has 3 rings (SSSR count). The van der Waals surface area contributed by atoms with Crippen molar-refractivity contribution in [2.24, 2.45) is 5.92 Å². The second-order valence-corrected chi connectivity index (χ2v) is 6.15. The lowest BCUT2D eigenvalue weighted by Crippen LogP contribution is -2.25. The lowest BCUT2D eigenvalue weighted by atomic mass is 9.82. The van der Waals surface area contributed by atoms with Gasteiger partial charge in [0, 0.05) is 35.6 Å². The van der Waals surface area contributed by atoms with E-state index in [9.17, 15) is 9.59 Å². The molecule has 0 aliphatic heterocycles. The Hall–Kier alpha value is -1.94. The van der Waals surface area contributed by atoms with Gasteiger partial charge in [-0.25, -0.2) is 0 Å². The van der Waals surface area contributed by atoms with E-state index < -0.39 is 0 Å². The van der Waals surface area contributed by atoms with Gasteiger partial charge in [-0.1, -0.05) is 0 Å². The van der Waals surface area contributed by atoms with Crippen molar-refractivity contribution in [1.82, 2.24) is 4.98 Å². The normalized spacial score (nSPS) is 21.9. The topological polar surface area (TPSA) is 59.2 Å². The van der Waals surface area contributed by atoms with Gasteiger partial charge in [-0.3, -0.25) is 9.59 Å². The molecule has 0 saturated heterocycles. The molecule has 1 N–H and O–H groups in total. The van der Waals surface area contributed by atoms with Gasteiger partial charge in [-0.2, -0.15) is 0 Å². The molecule has 1 heterocycles. The minimum Gasteiger partial charge on any atom is -0.381 e. The number of hydrogen-bond acceptors (Lipinski definition) is 3. The number of benzene rings is 1. The number of pyridine rings is 1. The Bertz CT molecular complexity index is 755. The zero-order valence-electron chi connectivity index (χ0n) is 13.0. The van der Waals surface area contributed by atoms with Crippen LogP contribution in [-0.4, -0.2) is 24.0 Å². The summed E-state index contributed by atoms with van der Waals surface area (Å²) in [5, 5.41) is 0.941. The summed E-state index contributed by atoms with van der Waals surface area (Å²) in [6.45, 7) is 1.90. The van der Waals surface area contributed by atoms with Crippen LogP contribution in [0.1, 0.15) is 41.6 Å². The average Bonchev–Trinajstić information content (AvgIpc) is 2.54. The number of ether oxygens (including phenoxy) is 1. The third kappa shape index (κ3) is 2.83. The number of carbonyl (C=O) groups excluding carboxylic acids is 1. The Labute approximate surface area is 129 Å². The number of aromatic amines is 1. The fraction of sp³-hybridized carbons (Fsp3) is 0.444. The molecule has 4 heteroatoms. The molecule has 1 aromatic heterocycles. The van der Waals surface area contributed by atoms with Crippen LogP contribution in [0.2, 0.25) is 0 Å². The van der Waals surface area contributed by atoms with Crippen LogP contribution in [-0.2, 0) is 4.74 Å². The number of carbonyl (C=O) groups is 1. The van der Waals surface area contributed by atoms with Gasteiger partial charge in [0.25, 0.3) is 0 Å². The predicted molar refractivity (Wildman–Crippen MR) is 86.4 cm³/mol. The molecule has 116 valence electrons. The standard InChI is InChI=1S/C18H21NO3/c1-11-9-17(20)19-16-8-5-13(10-15(11)16)18(21)12-3-6-14(22-2)7-4-12/h5,8-10,12,14H,3-4,6-7H2,1-2H3,(H,19,20). The second kappa shape index (κ2) is 6.05. The molecular weight excluding hydrogens is 278 g/mol. The number of rotatable bonds is 3. The van der Waals surface area contributed by atoms with Crippen LogP contribution >= 0.6 is 0 Å². The van der Waals surface area contributed by atoms with Crippen molar-refractivity contribution in [2.45, 2.75) is 38.7 Å². The number of methoxy groups -OCH3 is 1. The molecule has 0 atom stereocenters. The van der Waals surface area contributed by atoms with Crippen molar-refractivity contribution < 1.29 is 9.53 Å². The number of Topliss-reactive ketones (excluding diaryl/α,β-unsaturated/α-hetero) is 1. The number of ketones is 1. The molecule has 0 unspecified atom stereocenters. The fourth-order valence-electron chi connectivity index (χ4n) is 3.37. The molecule has 1 saturated carbocycles. The molecule has 22 heavy (non-hydrogen) atoms. The highest BCUT2D eigenvalue weighted by Gasteiger charge is 2.27. The summed E-state index contributed by atoms with van der Waals surface area (Å²) in [6, 6.07) is 7.13. The zero-order valence-corrected chi connectivity index (χ0v) is 13.0. The molecule has 0 bridgehead atoms. The molecule has 0 radical (unpaired) electrons. The highest BCUT2D eigenvalue weighted by atomic mass is 16.5. The first kappa shape index (κ1) is 15.0. The van der Waals surface area contributed by atoms with Gasteiger partial charge in [-0.15, -0.1) is 0 Å². The third-order valence-electron chi connectivity index (χ3n) is 4.71. The highest BCUT2D eigenvalue weighted by molar-refractivity contribution is 6.01. The van der Waals surface area contributed by atoms with Crippen molar-refractivity contribution >= 4 is 16.7 Å². The van der Waals surface area contributed by atoms with Crippen LogP contribution in [0.4, 0.5) is 0 Å². The lowest BCUT2D eigenvalue weighted by molar-refractivity contribution is 0.0519. The van der Waals surface area contributed by atoms with E-state index in [2.05, 4.69) is 4.98 Å². The smallest absolute Gasteiger partial charge is 0.248 e. The largest absolute Gasteiger partial charge is 0.381 e. The monoisotopic (exact) mass is 299 g/mol. The number of hydrogen-bond donors (Lipinski definition) is 1. The van der Waals surface area contributed by atoms with Crippen LogP contribution in [0.5, 0.6) is 0 Å². The van der Waals surface area contributed by atoms with Crippen LogP contribution in [0.15, 0.2) is 29.1 Å². The summed E-state index contributed by atoms with van der Waals surface area (Å²) >= 11 is 0. The average molecular weight is 299 g/mol. The molecule has 1 fully saturated rings. The first-order chi connectivity index (χ1) is 10.6. The third-order valence-corrected chi connectivity index (χ3v) is 4.71. The van der Waals surface area contributed by atoms with Crippen molar-refractivity contribution in [3.05, 3.63) is 45.7 Å². The van der Waals surface area contributed by atoms with Gasteiger partial charge in [0.15, 0.2) is 5.78 Å². The van der Waals surface area contributed by atoms with E-state index in [1.807, 2.05) is 25.1 Å². The Balaban J connectivity index is 1.87. The summed E-state index contributed by atoms with van der Waals surface area (Å²) in [7, 11) is 1.74. The molecule has 0 spiro atoms. The van der Waals surface area contributed by atoms with Crippen molar-refractivity contribution in [3.8, 4) is 0 Å². The molecular formula is C18H21NO3. The van der Waals surface area contributed by atoms with Crippen LogP contribution in [0.25, 0.3) is 10.9 Å². The molecule has 4 nitrogen and oxygen atoms in total. The predicted octanol–water partition coefficient (Wildman–Crippen LogP) is 3.22. The maximum absolute atomic E-state index is 12.7. The highest BCUT2D eigenvalue weighted by Crippen LogP contribution is 2.29. The number of H-pyrrole nitrogens is 1. The minimum atomic E-state index is -0.109. The van der Waals surface area contributed by atoms with E-state index >= 15 is 0 Å². The fourth-order valence-corrected chi connectivity index (χ4v) is 3.37.